The number of carboxylic acids is 1. The van der Waals surface area contributed by atoms with Gasteiger partial charge in [0.1, 0.15) is 6.61 Å². The summed E-state index contributed by atoms with van der Waals surface area (Å²) in [6.45, 7) is 0.326. The fraction of sp³-hybridized carbons (Fsp3) is 0.222. The maximum Gasteiger partial charge on any atom is 0.411 e. The molecular weight excluding hydrogens is 432 g/mol. The van der Waals surface area contributed by atoms with Gasteiger partial charge in [-0.15, -0.1) is 0 Å². The minimum Gasteiger partial charge on any atom is -0.481 e. The number of aliphatic carboxylic acids is 1. The Morgan fingerprint density at radius 3 is 2.03 bits per heavy atom. The number of anilines is 1. The van der Waals surface area contributed by atoms with Gasteiger partial charge in [-0.2, -0.15) is 0 Å². The topological polar surface area (TPSA) is 105 Å². The molecule has 2 amide bonds. The van der Waals surface area contributed by atoms with E-state index in [4.69, 9.17) is 4.74 Å². The van der Waals surface area contributed by atoms with Crippen LogP contribution in [0.5, 0.6) is 0 Å². The first kappa shape index (κ1) is 21.7. The second kappa shape index (κ2) is 8.67. The molecule has 3 N–H and O–H groups in total. The Hall–Kier alpha value is -4.13. The van der Waals surface area contributed by atoms with Crippen LogP contribution in [0.2, 0.25) is 0 Å². The molecule has 5 rings (SSSR count). The molecule has 0 aliphatic heterocycles. The van der Waals surface area contributed by atoms with Crippen LogP contribution in [0.3, 0.4) is 0 Å². The number of hydrogen-bond donors (Lipinski definition) is 3. The first-order valence-electron chi connectivity index (χ1n) is 11.2. The number of nitrogens with one attached hydrogen (secondary N) is 2. The van der Waals surface area contributed by atoms with Gasteiger partial charge in [-0.05, 0) is 59.4 Å². The molecule has 0 radical (unpaired) electrons. The van der Waals surface area contributed by atoms with Crippen molar-refractivity contribution in [3.63, 3.8) is 0 Å². The summed E-state index contributed by atoms with van der Waals surface area (Å²) >= 11 is 0. The average molecular weight is 456 g/mol. The van der Waals surface area contributed by atoms with Crippen molar-refractivity contribution in [3.8, 4) is 11.1 Å². The van der Waals surface area contributed by atoms with E-state index >= 15 is 0 Å². The van der Waals surface area contributed by atoms with E-state index < -0.39 is 17.5 Å². The van der Waals surface area contributed by atoms with Gasteiger partial charge in [0.15, 0.2) is 0 Å². The van der Waals surface area contributed by atoms with E-state index in [1.807, 2.05) is 24.3 Å². The lowest BCUT2D eigenvalue weighted by Gasteiger charge is -2.15. The van der Waals surface area contributed by atoms with E-state index in [2.05, 4.69) is 34.9 Å². The summed E-state index contributed by atoms with van der Waals surface area (Å²) in [6, 6.07) is 22.7. The van der Waals surface area contributed by atoms with Gasteiger partial charge in [0.2, 0.25) is 0 Å². The van der Waals surface area contributed by atoms with Gasteiger partial charge in [0, 0.05) is 23.7 Å². The molecule has 0 bridgehead atoms. The van der Waals surface area contributed by atoms with Crippen molar-refractivity contribution >= 4 is 23.7 Å². The van der Waals surface area contributed by atoms with Crippen molar-refractivity contribution in [1.29, 1.82) is 0 Å². The first-order valence-corrected chi connectivity index (χ1v) is 11.2. The molecule has 2 aliphatic rings. The van der Waals surface area contributed by atoms with Crippen LogP contribution < -0.4 is 10.6 Å². The Morgan fingerprint density at radius 1 is 0.882 bits per heavy atom. The fourth-order valence-electron chi connectivity index (χ4n) is 4.43. The normalized spacial score (nSPS) is 15.1. The van der Waals surface area contributed by atoms with Crippen LogP contribution in [0.15, 0.2) is 72.8 Å². The Morgan fingerprint density at radius 2 is 1.47 bits per heavy atom. The standard InChI is InChI=1S/C27H24N2O5/c30-24(28-16-27(13-14-27)25(31)32)17-9-11-18(12-10-17)29-26(33)34-15-23-21-7-3-1-5-19(21)20-6-2-4-8-22(20)23/h1-12,23H,13-16H2,(H,28,30)(H,29,33)(H,31,32). The highest BCUT2D eigenvalue weighted by Crippen LogP contribution is 2.45. The van der Waals surface area contributed by atoms with Crippen LogP contribution in [0.25, 0.3) is 11.1 Å². The molecule has 0 spiro atoms. The van der Waals surface area contributed by atoms with E-state index in [0.717, 1.165) is 22.3 Å². The lowest BCUT2D eigenvalue weighted by Crippen LogP contribution is -2.34. The molecule has 1 saturated carbocycles. The number of carbonyl (C=O) groups excluding carboxylic acids is 2. The second-order valence-corrected chi connectivity index (χ2v) is 8.80. The van der Waals surface area contributed by atoms with E-state index in [0.29, 0.717) is 24.1 Å². The van der Waals surface area contributed by atoms with Crippen LogP contribution in [0, 0.1) is 5.41 Å². The number of fused-ring (bicyclic) bond motifs is 3. The summed E-state index contributed by atoms with van der Waals surface area (Å²) in [5.74, 6) is -1.25. The number of rotatable bonds is 7. The quantitative estimate of drug-likeness (QED) is 0.480. The molecular formula is C27H24N2O5. The zero-order valence-electron chi connectivity index (χ0n) is 18.4. The van der Waals surface area contributed by atoms with Crippen molar-refractivity contribution in [1.82, 2.24) is 5.32 Å². The second-order valence-electron chi connectivity index (χ2n) is 8.80. The van der Waals surface area contributed by atoms with E-state index in [9.17, 15) is 19.5 Å². The third kappa shape index (κ3) is 4.12. The maximum absolute atomic E-state index is 12.4. The van der Waals surface area contributed by atoms with Crippen molar-refractivity contribution in [2.75, 3.05) is 18.5 Å². The summed E-state index contributed by atoms with van der Waals surface area (Å²) in [6.07, 6.45) is 0.577. The van der Waals surface area contributed by atoms with Crippen molar-refractivity contribution in [2.45, 2.75) is 18.8 Å². The zero-order valence-corrected chi connectivity index (χ0v) is 18.4. The highest BCUT2D eigenvalue weighted by atomic mass is 16.5. The minimum absolute atomic E-state index is 0.0233. The Labute approximate surface area is 196 Å². The smallest absolute Gasteiger partial charge is 0.411 e. The lowest BCUT2D eigenvalue weighted by atomic mass is 9.98. The molecule has 34 heavy (non-hydrogen) atoms. The van der Waals surface area contributed by atoms with Gasteiger partial charge in [-0.1, -0.05) is 48.5 Å². The SMILES string of the molecule is O=C(Nc1ccc(C(=O)NCC2(C(=O)O)CC2)cc1)OCC1c2ccccc2-c2ccccc21. The highest BCUT2D eigenvalue weighted by molar-refractivity contribution is 5.95. The summed E-state index contributed by atoms with van der Waals surface area (Å²) < 4.78 is 5.54. The van der Waals surface area contributed by atoms with Gasteiger partial charge in [-0.25, -0.2) is 4.79 Å². The minimum atomic E-state index is -0.879. The molecule has 0 saturated heterocycles. The van der Waals surface area contributed by atoms with Gasteiger partial charge in [0.25, 0.3) is 5.91 Å². The molecule has 7 heteroatoms. The molecule has 0 unspecified atom stereocenters. The van der Waals surface area contributed by atoms with Crippen molar-refractivity contribution < 1.29 is 24.2 Å². The van der Waals surface area contributed by atoms with E-state index in [1.54, 1.807) is 24.3 Å². The predicted octanol–water partition coefficient (Wildman–Crippen LogP) is 4.64. The zero-order chi connectivity index (χ0) is 23.7. The Kier molecular flexibility index (Phi) is 5.53. The summed E-state index contributed by atoms with van der Waals surface area (Å²) in [5, 5.41) is 14.6. The largest absolute Gasteiger partial charge is 0.481 e. The maximum atomic E-state index is 12.4. The number of benzene rings is 3. The third-order valence-corrected chi connectivity index (χ3v) is 6.63. The number of amides is 2. The van der Waals surface area contributed by atoms with Crippen LogP contribution >= 0.6 is 0 Å². The van der Waals surface area contributed by atoms with Crippen molar-refractivity contribution in [2.24, 2.45) is 5.41 Å². The molecule has 2 aliphatic carbocycles. The molecule has 1 fully saturated rings. The van der Waals surface area contributed by atoms with Crippen LogP contribution in [-0.4, -0.2) is 36.2 Å². The average Bonchev–Trinajstić information content (AvgIpc) is 3.59. The highest BCUT2D eigenvalue weighted by Gasteiger charge is 2.50. The van der Waals surface area contributed by atoms with Gasteiger partial charge < -0.3 is 15.2 Å². The molecule has 7 nitrogen and oxygen atoms in total. The Bertz CT molecular complexity index is 1220. The molecule has 0 atom stereocenters. The summed E-state index contributed by atoms with van der Waals surface area (Å²) in [4.78, 5) is 36.0. The summed E-state index contributed by atoms with van der Waals surface area (Å²) in [5.41, 5.74) is 4.68. The number of carbonyl (C=O) groups is 3. The van der Waals surface area contributed by atoms with E-state index in [1.165, 1.54) is 0 Å². The third-order valence-electron chi connectivity index (χ3n) is 6.63. The van der Waals surface area contributed by atoms with E-state index in [-0.39, 0.29) is 25.0 Å². The molecule has 0 aromatic heterocycles. The fourth-order valence-corrected chi connectivity index (χ4v) is 4.43. The molecule has 172 valence electrons. The number of ether oxygens (including phenoxy) is 1. The number of hydrogen-bond acceptors (Lipinski definition) is 4. The van der Waals surface area contributed by atoms with Crippen LogP contribution in [0.4, 0.5) is 10.5 Å². The van der Waals surface area contributed by atoms with Crippen molar-refractivity contribution in [3.05, 3.63) is 89.5 Å². The molecule has 0 heterocycles. The molecule has 3 aromatic rings. The van der Waals surface area contributed by atoms with Crippen LogP contribution in [-0.2, 0) is 9.53 Å². The van der Waals surface area contributed by atoms with Crippen LogP contribution in [0.1, 0.15) is 40.2 Å². The molecule has 3 aromatic carbocycles. The predicted molar refractivity (Wildman–Crippen MR) is 127 cm³/mol. The van der Waals surface area contributed by atoms with Gasteiger partial charge >= 0.3 is 12.1 Å². The van der Waals surface area contributed by atoms with Gasteiger partial charge in [-0.3, -0.25) is 14.9 Å². The lowest BCUT2D eigenvalue weighted by molar-refractivity contribution is -0.143. The Balaban J connectivity index is 1.17. The summed E-state index contributed by atoms with van der Waals surface area (Å²) in [7, 11) is 0. The first-order chi connectivity index (χ1) is 16.5. The number of carboxylic acid groups (broad SMARTS) is 1. The monoisotopic (exact) mass is 456 g/mol. The van der Waals surface area contributed by atoms with Gasteiger partial charge in [0.05, 0.1) is 5.41 Å².